The van der Waals surface area contributed by atoms with Crippen molar-refractivity contribution in [2.75, 3.05) is 26.1 Å². The molecule has 3 aromatic rings. The van der Waals surface area contributed by atoms with Crippen LogP contribution in [0.2, 0.25) is 0 Å². The van der Waals surface area contributed by atoms with Crippen LogP contribution in [0.15, 0.2) is 66.7 Å². The predicted octanol–water partition coefficient (Wildman–Crippen LogP) is 4.18. The van der Waals surface area contributed by atoms with Gasteiger partial charge in [-0.25, -0.2) is 0 Å². The molecule has 2 aliphatic rings. The summed E-state index contributed by atoms with van der Waals surface area (Å²) in [7, 11) is 3.13. The molecule has 0 radical (unpaired) electrons. The highest BCUT2D eigenvalue weighted by atomic mass is 16.5. The molecule has 2 amide bonds. The molecular formula is C26H24N2O4. The van der Waals surface area contributed by atoms with E-state index < -0.39 is 5.92 Å². The first-order valence-electron chi connectivity index (χ1n) is 10.6. The van der Waals surface area contributed by atoms with Gasteiger partial charge in [-0.3, -0.25) is 9.59 Å². The first kappa shape index (κ1) is 20.1. The minimum atomic E-state index is -0.529. The van der Waals surface area contributed by atoms with E-state index >= 15 is 0 Å². The summed E-state index contributed by atoms with van der Waals surface area (Å²) in [6.45, 7) is 0.592. The molecule has 2 atom stereocenters. The van der Waals surface area contributed by atoms with Gasteiger partial charge in [0, 0.05) is 23.9 Å². The molecule has 0 aliphatic carbocycles. The zero-order valence-corrected chi connectivity index (χ0v) is 18.0. The van der Waals surface area contributed by atoms with E-state index in [0.717, 1.165) is 17.5 Å². The number of nitrogens with zero attached hydrogens (tertiary/aromatic N) is 1. The molecule has 6 heteroatoms. The highest BCUT2D eigenvalue weighted by Gasteiger charge is 2.46. The number of anilines is 1. The van der Waals surface area contributed by atoms with Crippen molar-refractivity contribution in [3.63, 3.8) is 0 Å². The Morgan fingerprint density at radius 1 is 0.938 bits per heavy atom. The number of hydrogen-bond donors (Lipinski definition) is 1. The lowest BCUT2D eigenvalue weighted by molar-refractivity contribution is -0.119. The maximum absolute atomic E-state index is 13.7. The number of carbonyl (C=O) groups excluding carboxylic acids is 2. The van der Waals surface area contributed by atoms with E-state index in [0.29, 0.717) is 29.3 Å². The van der Waals surface area contributed by atoms with Crippen LogP contribution in [0.5, 0.6) is 11.5 Å². The van der Waals surface area contributed by atoms with Crippen molar-refractivity contribution in [3.05, 3.63) is 89.0 Å². The van der Waals surface area contributed by atoms with Gasteiger partial charge in [0.05, 0.1) is 26.2 Å². The molecule has 0 fully saturated rings. The largest absolute Gasteiger partial charge is 0.493 e. The number of benzene rings is 3. The van der Waals surface area contributed by atoms with Crippen LogP contribution in [0, 0.1) is 0 Å². The average Bonchev–Trinajstić information content (AvgIpc) is 2.84. The normalized spacial score (nSPS) is 18.8. The summed E-state index contributed by atoms with van der Waals surface area (Å²) in [4.78, 5) is 28.9. The van der Waals surface area contributed by atoms with Gasteiger partial charge in [0.1, 0.15) is 0 Å². The third-order valence-electron chi connectivity index (χ3n) is 6.37. The molecule has 2 unspecified atom stereocenters. The average molecular weight is 428 g/mol. The number of amides is 2. The number of methoxy groups -OCH3 is 2. The third kappa shape index (κ3) is 3.19. The minimum Gasteiger partial charge on any atom is -0.493 e. The Balaban J connectivity index is 1.58. The zero-order chi connectivity index (χ0) is 22.2. The van der Waals surface area contributed by atoms with Gasteiger partial charge in [0.25, 0.3) is 5.91 Å². The van der Waals surface area contributed by atoms with Crippen molar-refractivity contribution < 1.29 is 19.1 Å². The van der Waals surface area contributed by atoms with E-state index in [-0.39, 0.29) is 17.9 Å². The molecule has 1 N–H and O–H groups in total. The van der Waals surface area contributed by atoms with Gasteiger partial charge in [0.2, 0.25) is 5.91 Å². The topological polar surface area (TPSA) is 67.9 Å². The van der Waals surface area contributed by atoms with E-state index in [9.17, 15) is 9.59 Å². The standard InChI is InChI=1S/C26H24N2O4/c1-31-21-12-11-17(15-22(21)32-2)27-25(29)23-19-9-5-6-10-20(19)26(30)28-14-13-16-7-3-4-8-18(16)24(23)28/h3-12,15,23-24H,13-14H2,1-2H3,(H,27,29). The van der Waals surface area contributed by atoms with Crippen LogP contribution < -0.4 is 14.8 Å². The van der Waals surface area contributed by atoms with Gasteiger partial charge in [-0.2, -0.15) is 0 Å². The summed E-state index contributed by atoms with van der Waals surface area (Å²) in [6, 6.07) is 20.5. The lowest BCUT2D eigenvalue weighted by Gasteiger charge is -2.45. The molecule has 0 spiro atoms. The molecule has 2 aliphatic heterocycles. The summed E-state index contributed by atoms with van der Waals surface area (Å²) in [5.74, 6) is 0.415. The molecule has 32 heavy (non-hydrogen) atoms. The van der Waals surface area contributed by atoms with Gasteiger partial charge in [-0.15, -0.1) is 0 Å². The Labute approximate surface area is 186 Å². The van der Waals surface area contributed by atoms with Crippen molar-refractivity contribution in [3.8, 4) is 11.5 Å². The molecule has 5 rings (SSSR count). The molecule has 6 nitrogen and oxygen atoms in total. The second-order valence-electron chi connectivity index (χ2n) is 8.02. The van der Waals surface area contributed by atoms with Crippen LogP contribution in [0.1, 0.15) is 39.0 Å². The Hall–Kier alpha value is -3.80. The maximum atomic E-state index is 13.7. The van der Waals surface area contributed by atoms with E-state index in [1.165, 1.54) is 5.56 Å². The number of rotatable bonds is 4. The van der Waals surface area contributed by atoms with Crippen molar-refractivity contribution in [2.24, 2.45) is 0 Å². The van der Waals surface area contributed by atoms with Gasteiger partial charge < -0.3 is 19.7 Å². The van der Waals surface area contributed by atoms with Gasteiger partial charge >= 0.3 is 0 Å². The van der Waals surface area contributed by atoms with Crippen molar-refractivity contribution in [2.45, 2.75) is 18.4 Å². The first-order chi connectivity index (χ1) is 15.6. The lowest BCUT2D eigenvalue weighted by atomic mass is 9.76. The molecule has 0 saturated heterocycles. The third-order valence-corrected chi connectivity index (χ3v) is 6.37. The molecule has 0 bridgehead atoms. The lowest BCUT2D eigenvalue weighted by Crippen LogP contribution is -2.49. The molecule has 0 aromatic heterocycles. The summed E-state index contributed by atoms with van der Waals surface area (Å²) >= 11 is 0. The van der Waals surface area contributed by atoms with Crippen LogP contribution in [0.4, 0.5) is 5.69 Å². The Kier molecular flexibility index (Phi) is 5.05. The fourth-order valence-electron chi connectivity index (χ4n) is 4.89. The quantitative estimate of drug-likeness (QED) is 0.677. The van der Waals surface area contributed by atoms with Gasteiger partial charge in [-0.1, -0.05) is 42.5 Å². The summed E-state index contributed by atoms with van der Waals surface area (Å²) in [5.41, 5.74) is 4.18. The molecule has 162 valence electrons. The second kappa shape index (κ2) is 8.04. The minimum absolute atomic E-state index is 0.0183. The van der Waals surface area contributed by atoms with Crippen LogP contribution in [0.3, 0.4) is 0 Å². The molecule has 0 saturated carbocycles. The van der Waals surface area contributed by atoms with Crippen LogP contribution in [-0.2, 0) is 11.2 Å². The number of hydrogen-bond acceptors (Lipinski definition) is 4. The Morgan fingerprint density at radius 2 is 1.66 bits per heavy atom. The number of nitrogens with one attached hydrogen (secondary N) is 1. The summed E-state index contributed by atoms with van der Waals surface area (Å²) < 4.78 is 10.7. The Bertz CT molecular complexity index is 1210. The smallest absolute Gasteiger partial charge is 0.254 e. The maximum Gasteiger partial charge on any atom is 0.254 e. The number of carbonyl (C=O) groups is 2. The monoisotopic (exact) mass is 428 g/mol. The molecule has 3 aromatic carbocycles. The zero-order valence-electron chi connectivity index (χ0n) is 18.0. The Morgan fingerprint density at radius 3 is 2.44 bits per heavy atom. The van der Waals surface area contributed by atoms with Crippen LogP contribution in [0.25, 0.3) is 0 Å². The van der Waals surface area contributed by atoms with Crippen LogP contribution in [-0.4, -0.2) is 37.5 Å². The number of ether oxygens (including phenoxy) is 2. The van der Waals surface area contributed by atoms with E-state index in [1.807, 2.05) is 47.4 Å². The number of fused-ring (bicyclic) bond motifs is 4. The summed E-state index contributed by atoms with van der Waals surface area (Å²) in [5, 5.41) is 3.04. The van der Waals surface area contributed by atoms with Gasteiger partial charge in [-0.05, 0) is 41.3 Å². The fraction of sp³-hybridized carbons (Fsp3) is 0.231. The predicted molar refractivity (Wildman–Crippen MR) is 121 cm³/mol. The van der Waals surface area contributed by atoms with Crippen molar-refractivity contribution >= 4 is 17.5 Å². The SMILES string of the molecule is COc1ccc(NC(=O)C2c3ccccc3C(=O)N3CCc4ccccc4C23)cc1OC. The molecule has 2 heterocycles. The van der Waals surface area contributed by atoms with Gasteiger partial charge in [0.15, 0.2) is 11.5 Å². The van der Waals surface area contributed by atoms with E-state index in [4.69, 9.17) is 9.47 Å². The van der Waals surface area contributed by atoms with E-state index in [1.54, 1.807) is 32.4 Å². The van der Waals surface area contributed by atoms with Crippen molar-refractivity contribution in [1.29, 1.82) is 0 Å². The highest BCUT2D eigenvalue weighted by Crippen LogP contribution is 2.46. The fourth-order valence-corrected chi connectivity index (χ4v) is 4.89. The highest BCUT2D eigenvalue weighted by molar-refractivity contribution is 6.04. The summed E-state index contributed by atoms with van der Waals surface area (Å²) in [6.07, 6.45) is 0.782. The second-order valence-corrected chi connectivity index (χ2v) is 8.02. The first-order valence-corrected chi connectivity index (χ1v) is 10.6. The van der Waals surface area contributed by atoms with E-state index in [2.05, 4.69) is 11.4 Å². The van der Waals surface area contributed by atoms with Crippen LogP contribution >= 0.6 is 0 Å². The van der Waals surface area contributed by atoms with Crippen molar-refractivity contribution in [1.82, 2.24) is 4.90 Å². The molecular weight excluding hydrogens is 404 g/mol.